The highest BCUT2D eigenvalue weighted by Crippen LogP contribution is 2.34. The second-order valence-electron chi connectivity index (χ2n) is 8.17. The van der Waals surface area contributed by atoms with Gasteiger partial charge in [-0.3, -0.25) is 4.79 Å². The Morgan fingerprint density at radius 2 is 1.72 bits per heavy atom. The van der Waals surface area contributed by atoms with Gasteiger partial charge >= 0.3 is 12.2 Å². The molecule has 7 nitrogen and oxygen atoms in total. The number of halogens is 4. The SMILES string of the molecule is O=C(Nc1ccc(N2CCCN(C(=O)c3cccc(Cl)c3)CC2)nc1)Nc1ccccc1C(F)(F)F. The number of para-hydroxylation sites is 1. The lowest BCUT2D eigenvalue weighted by Gasteiger charge is -2.23. The molecule has 0 saturated carbocycles. The number of amides is 3. The number of carbonyl (C=O) groups excluding carboxylic acids is 2. The molecule has 4 rings (SSSR count). The number of carbonyl (C=O) groups is 2. The van der Waals surface area contributed by atoms with E-state index in [0.717, 1.165) is 12.5 Å². The van der Waals surface area contributed by atoms with Gasteiger partial charge in [-0.2, -0.15) is 13.2 Å². The second-order valence-corrected chi connectivity index (χ2v) is 8.61. The lowest BCUT2D eigenvalue weighted by atomic mass is 10.1. The number of aromatic nitrogens is 1. The number of alkyl halides is 3. The summed E-state index contributed by atoms with van der Waals surface area (Å²) in [6.45, 7) is 2.36. The number of hydrogen-bond acceptors (Lipinski definition) is 4. The lowest BCUT2D eigenvalue weighted by molar-refractivity contribution is -0.136. The molecular weight excluding hydrogens is 495 g/mol. The van der Waals surface area contributed by atoms with Crippen LogP contribution in [0.3, 0.4) is 0 Å². The molecule has 2 heterocycles. The van der Waals surface area contributed by atoms with E-state index in [1.54, 1.807) is 41.3 Å². The van der Waals surface area contributed by atoms with Crippen LogP contribution >= 0.6 is 11.6 Å². The van der Waals surface area contributed by atoms with Gasteiger partial charge in [0.15, 0.2) is 0 Å². The van der Waals surface area contributed by atoms with Crippen LogP contribution in [0.4, 0.5) is 35.2 Å². The fourth-order valence-corrected chi connectivity index (χ4v) is 4.12. The topological polar surface area (TPSA) is 77.6 Å². The van der Waals surface area contributed by atoms with E-state index >= 15 is 0 Å². The average Bonchev–Trinajstić information content (AvgIpc) is 3.10. The number of anilines is 3. The summed E-state index contributed by atoms with van der Waals surface area (Å²) in [5.41, 5.74) is -0.403. The molecule has 0 spiro atoms. The monoisotopic (exact) mass is 517 g/mol. The molecule has 1 aliphatic heterocycles. The summed E-state index contributed by atoms with van der Waals surface area (Å²) < 4.78 is 39.4. The number of nitrogens with one attached hydrogen (secondary N) is 2. The van der Waals surface area contributed by atoms with Crippen LogP contribution < -0.4 is 15.5 Å². The first-order valence-electron chi connectivity index (χ1n) is 11.2. The molecule has 2 aromatic carbocycles. The molecule has 1 saturated heterocycles. The van der Waals surface area contributed by atoms with Gasteiger partial charge in [-0.25, -0.2) is 9.78 Å². The second kappa shape index (κ2) is 10.9. The molecular formula is C25H23ClF3N5O2. The third-order valence-electron chi connectivity index (χ3n) is 5.67. The van der Waals surface area contributed by atoms with E-state index in [0.29, 0.717) is 48.3 Å². The predicted octanol–water partition coefficient (Wildman–Crippen LogP) is 5.75. The number of nitrogens with zero attached hydrogens (tertiary/aromatic N) is 3. The zero-order valence-electron chi connectivity index (χ0n) is 19.1. The van der Waals surface area contributed by atoms with Gasteiger partial charge in [-0.1, -0.05) is 29.8 Å². The van der Waals surface area contributed by atoms with Gasteiger partial charge in [0.1, 0.15) is 5.82 Å². The van der Waals surface area contributed by atoms with E-state index < -0.39 is 17.8 Å². The molecule has 0 radical (unpaired) electrons. The first-order valence-corrected chi connectivity index (χ1v) is 11.6. The lowest BCUT2D eigenvalue weighted by Crippen LogP contribution is -2.35. The first kappa shape index (κ1) is 25.3. The molecule has 11 heteroatoms. The van der Waals surface area contributed by atoms with Crippen LogP contribution in [-0.2, 0) is 6.18 Å². The summed E-state index contributed by atoms with van der Waals surface area (Å²) in [5.74, 6) is 0.588. The number of hydrogen-bond donors (Lipinski definition) is 2. The zero-order chi connectivity index (χ0) is 25.7. The number of benzene rings is 2. The van der Waals surface area contributed by atoms with Gasteiger partial charge in [0, 0.05) is 36.8 Å². The van der Waals surface area contributed by atoms with E-state index in [9.17, 15) is 22.8 Å². The molecule has 0 aliphatic carbocycles. The molecule has 1 aliphatic rings. The Morgan fingerprint density at radius 1 is 0.917 bits per heavy atom. The van der Waals surface area contributed by atoms with Crippen molar-refractivity contribution in [1.29, 1.82) is 0 Å². The van der Waals surface area contributed by atoms with Crippen LogP contribution in [-0.4, -0.2) is 48.0 Å². The van der Waals surface area contributed by atoms with Gasteiger partial charge in [-0.15, -0.1) is 0 Å². The fraction of sp³-hybridized carbons (Fsp3) is 0.240. The molecule has 0 bridgehead atoms. The van der Waals surface area contributed by atoms with Crippen LogP contribution in [0.25, 0.3) is 0 Å². The van der Waals surface area contributed by atoms with Gasteiger partial charge in [0.2, 0.25) is 0 Å². The van der Waals surface area contributed by atoms with Gasteiger partial charge in [0.05, 0.1) is 23.1 Å². The highest BCUT2D eigenvalue weighted by molar-refractivity contribution is 6.30. The zero-order valence-corrected chi connectivity index (χ0v) is 19.8. The molecule has 188 valence electrons. The van der Waals surface area contributed by atoms with Gasteiger partial charge in [0.25, 0.3) is 5.91 Å². The maximum Gasteiger partial charge on any atom is 0.418 e. The highest BCUT2D eigenvalue weighted by Gasteiger charge is 2.33. The van der Waals surface area contributed by atoms with Crippen molar-refractivity contribution >= 4 is 40.7 Å². The highest BCUT2D eigenvalue weighted by atomic mass is 35.5. The molecule has 0 unspecified atom stereocenters. The van der Waals surface area contributed by atoms with Crippen molar-refractivity contribution in [3.05, 3.63) is 83.0 Å². The molecule has 0 atom stereocenters. The minimum atomic E-state index is -4.59. The van der Waals surface area contributed by atoms with E-state index in [4.69, 9.17) is 11.6 Å². The summed E-state index contributed by atoms with van der Waals surface area (Å²) in [6.07, 6.45) is -2.41. The third-order valence-corrected chi connectivity index (χ3v) is 5.90. The number of pyridine rings is 1. The van der Waals surface area contributed by atoms with Crippen molar-refractivity contribution in [2.75, 3.05) is 41.7 Å². The minimum Gasteiger partial charge on any atom is -0.355 e. The van der Waals surface area contributed by atoms with E-state index in [-0.39, 0.29) is 11.6 Å². The molecule has 1 aromatic heterocycles. The van der Waals surface area contributed by atoms with E-state index in [2.05, 4.69) is 15.6 Å². The summed E-state index contributed by atoms with van der Waals surface area (Å²) in [4.78, 5) is 33.3. The van der Waals surface area contributed by atoms with Crippen LogP contribution in [0, 0.1) is 0 Å². The molecule has 2 N–H and O–H groups in total. The Kier molecular flexibility index (Phi) is 7.64. The standard InChI is InChI=1S/C25H23ClF3N5O2/c26-18-6-3-5-17(15-18)23(35)34-12-4-11-33(13-14-34)22-10-9-19(16-30-22)31-24(36)32-21-8-2-1-7-20(21)25(27,28)29/h1-3,5-10,15-16H,4,11-14H2,(H2,31,32,36). The van der Waals surface area contributed by atoms with Crippen molar-refractivity contribution in [2.24, 2.45) is 0 Å². The summed E-state index contributed by atoms with van der Waals surface area (Å²) >= 11 is 6.01. The van der Waals surface area contributed by atoms with Gasteiger partial charge < -0.3 is 20.4 Å². The van der Waals surface area contributed by atoms with Crippen LogP contribution in [0.1, 0.15) is 22.3 Å². The Bertz CT molecular complexity index is 1240. The Balaban J connectivity index is 1.35. The maximum atomic E-state index is 13.1. The largest absolute Gasteiger partial charge is 0.418 e. The first-order chi connectivity index (χ1) is 17.2. The average molecular weight is 518 g/mol. The Hall–Kier alpha value is -3.79. The van der Waals surface area contributed by atoms with Crippen LogP contribution in [0.5, 0.6) is 0 Å². The molecule has 36 heavy (non-hydrogen) atoms. The predicted molar refractivity (Wildman–Crippen MR) is 133 cm³/mol. The van der Waals surface area contributed by atoms with Crippen molar-refractivity contribution < 1.29 is 22.8 Å². The van der Waals surface area contributed by atoms with Crippen LogP contribution in [0.2, 0.25) is 5.02 Å². The van der Waals surface area contributed by atoms with Crippen molar-refractivity contribution in [3.8, 4) is 0 Å². The summed E-state index contributed by atoms with van der Waals surface area (Å²) in [6, 6.07) is 14.1. The maximum absolute atomic E-state index is 13.1. The summed E-state index contributed by atoms with van der Waals surface area (Å²) in [5, 5.41) is 5.23. The Labute approximate surface area is 210 Å². The molecule has 3 amide bonds. The smallest absolute Gasteiger partial charge is 0.355 e. The number of rotatable bonds is 4. The molecule has 3 aromatic rings. The van der Waals surface area contributed by atoms with Crippen molar-refractivity contribution in [1.82, 2.24) is 9.88 Å². The fourth-order valence-electron chi connectivity index (χ4n) is 3.92. The molecule has 1 fully saturated rings. The normalized spacial score (nSPS) is 14.2. The van der Waals surface area contributed by atoms with Crippen molar-refractivity contribution in [3.63, 3.8) is 0 Å². The Morgan fingerprint density at radius 3 is 2.44 bits per heavy atom. The quantitative estimate of drug-likeness (QED) is 0.462. The number of urea groups is 1. The van der Waals surface area contributed by atoms with E-state index in [1.807, 2.05) is 4.90 Å². The van der Waals surface area contributed by atoms with E-state index in [1.165, 1.54) is 24.4 Å². The van der Waals surface area contributed by atoms with Crippen molar-refractivity contribution in [2.45, 2.75) is 12.6 Å². The third kappa shape index (κ3) is 6.25. The van der Waals surface area contributed by atoms with Crippen LogP contribution in [0.15, 0.2) is 66.9 Å². The summed E-state index contributed by atoms with van der Waals surface area (Å²) in [7, 11) is 0. The minimum absolute atomic E-state index is 0.0787. The van der Waals surface area contributed by atoms with Gasteiger partial charge in [-0.05, 0) is 48.9 Å².